The van der Waals surface area contributed by atoms with Crippen LogP contribution in [0.15, 0.2) is 36.4 Å². The minimum atomic E-state index is -0.483. The number of nitriles is 1. The molecule has 1 atom stereocenters. The van der Waals surface area contributed by atoms with E-state index in [9.17, 15) is 5.11 Å². The molecule has 124 valence electrons. The average Bonchev–Trinajstić information content (AvgIpc) is 2.59. The third kappa shape index (κ3) is 4.10. The summed E-state index contributed by atoms with van der Waals surface area (Å²) in [5.41, 5.74) is 4.13. The van der Waals surface area contributed by atoms with Crippen molar-refractivity contribution in [2.45, 2.75) is 26.0 Å². The van der Waals surface area contributed by atoms with Gasteiger partial charge >= 0.3 is 0 Å². The highest BCUT2D eigenvalue weighted by atomic mass is 16.3. The molecule has 5 nitrogen and oxygen atoms in total. The molecular formula is C19H22N4O. The Balaban J connectivity index is 1.53. The van der Waals surface area contributed by atoms with Crippen molar-refractivity contribution in [2.75, 3.05) is 25.0 Å². The number of pyridine rings is 1. The van der Waals surface area contributed by atoms with Crippen LogP contribution in [0.25, 0.3) is 0 Å². The number of β-amino-alcohol motifs (C(OH)–C–C–N with tert-alkyl or cyclic N) is 1. The second-order valence-electron chi connectivity index (χ2n) is 6.28. The Morgan fingerprint density at radius 2 is 2.12 bits per heavy atom. The van der Waals surface area contributed by atoms with Crippen LogP contribution in [0.4, 0.5) is 5.82 Å². The van der Waals surface area contributed by atoms with Gasteiger partial charge in [0.25, 0.3) is 0 Å². The summed E-state index contributed by atoms with van der Waals surface area (Å²) in [6, 6.07) is 14.1. The zero-order chi connectivity index (χ0) is 16.9. The van der Waals surface area contributed by atoms with Crippen LogP contribution in [-0.2, 0) is 13.0 Å². The van der Waals surface area contributed by atoms with E-state index in [1.54, 1.807) is 12.1 Å². The molecule has 5 heteroatoms. The number of rotatable bonds is 5. The van der Waals surface area contributed by atoms with E-state index < -0.39 is 6.10 Å². The standard InChI is InChI=1S/C19H22N4O/c1-14-8-15(10-20)9-19(22-14)21-11-18(24)13-23-7-6-16-4-2-3-5-17(16)12-23/h2-5,8-9,18,24H,6-7,11-13H2,1H3,(H,21,22). The van der Waals surface area contributed by atoms with Crippen LogP contribution < -0.4 is 5.32 Å². The molecular weight excluding hydrogens is 300 g/mol. The SMILES string of the molecule is Cc1cc(C#N)cc(NCC(O)CN2CCc3ccccc3C2)n1. The van der Waals surface area contributed by atoms with E-state index in [-0.39, 0.29) is 0 Å². The molecule has 2 heterocycles. The van der Waals surface area contributed by atoms with Gasteiger partial charge in [-0.15, -0.1) is 0 Å². The number of nitrogens with zero attached hydrogens (tertiary/aromatic N) is 3. The van der Waals surface area contributed by atoms with Crippen LogP contribution in [0.1, 0.15) is 22.4 Å². The molecule has 0 saturated heterocycles. The number of benzene rings is 1. The quantitative estimate of drug-likeness (QED) is 0.882. The molecule has 0 amide bonds. The Morgan fingerprint density at radius 1 is 1.33 bits per heavy atom. The molecule has 1 aromatic heterocycles. The molecule has 0 aliphatic carbocycles. The topological polar surface area (TPSA) is 72.2 Å². The van der Waals surface area contributed by atoms with Crippen LogP contribution in [0.2, 0.25) is 0 Å². The van der Waals surface area contributed by atoms with Gasteiger partial charge < -0.3 is 10.4 Å². The second-order valence-corrected chi connectivity index (χ2v) is 6.28. The smallest absolute Gasteiger partial charge is 0.127 e. The van der Waals surface area contributed by atoms with Crippen molar-refractivity contribution >= 4 is 5.82 Å². The van der Waals surface area contributed by atoms with E-state index in [1.165, 1.54) is 11.1 Å². The van der Waals surface area contributed by atoms with Crippen molar-refractivity contribution < 1.29 is 5.11 Å². The fourth-order valence-corrected chi connectivity index (χ4v) is 3.12. The van der Waals surface area contributed by atoms with E-state index in [2.05, 4.69) is 45.5 Å². The number of aryl methyl sites for hydroxylation is 1. The number of hydrogen-bond acceptors (Lipinski definition) is 5. The average molecular weight is 322 g/mol. The van der Waals surface area contributed by atoms with Crippen LogP contribution >= 0.6 is 0 Å². The third-order valence-electron chi connectivity index (χ3n) is 4.28. The minimum absolute atomic E-state index is 0.416. The van der Waals surface area contributed by atoms with Gasteiger partial charge in [0.15, 0.2) is 0 Å². The summed E-state index contributed by atoms with van der Waals surface area (Å²) in [5, 5.41) is 22.4. The summed E-state index contributed by atoms with van der Waals surface area (Å²) in [7, 11) is 0. The fourth-order valence-electron chi connectivity index (χ4n) is 3.12. The lowest BCUT2D eigenvalue weighted by atomic mass is 10.00. The lowest BCUT2D eigenvalue weighted by molar-refractivity contribution is 0.114. The predicted molar refractivity (Wildman–Crippen MR) is 93.6 cm³/mol. The Hall–Kier alpha value is -2.42. The number of nitrogens with one attached hydrogen (secondary N) is 1. The van der Waals surface area contributed by atoms with E-state index in [1.807, 2.05) is 6.92 Å². The predicted octanol–water partition coefficient (Wildman–Crippen LogP) is 2.09. The van der Waals surface area contributed by atoms with Crippen molar-refractivity contribution in [3.05, 3.63) is 58.8 Å². The highest BCUT2D eigenvalue weighted by Crippen LogP contribution is 2.18. The first-order valence-electron chi connectivity index (χ1n) is 8.24. The van der Waals surface area contributed by atoms with Gasteiger partial charge in [-0.05, 0) is 36.6 Å². The number of aliphatic hydroxyl groups excluding tert-OH is 1. The molecule has 0 radical (unpaired) electrons. The second kappa shape index (κ2) is 7.43. The Bertz CT molecular complexity index is 753. The molecule has 3 rings (SSSR count). The van der Waals surface area contributed by atoms with Crippen LogP contribution in [0.5, 0.6) is 0 Å². The van der Waals surface area contributed by atoms with Crippen molar-refractivity contribution in [2.24, 2.45) is 0 Å². The van der Waals surface area contributed by atoms with Gasteiger partial charge in [0.1, 0.15) is 5.82 Å². The Kier molecular flexibility index (Phi) is 5.09. The van der Waals surface area contributed by atoms with E-state index >= 15 is 0 Å². The molecule has 24 heavy (non-hydrogen) atoms. The highest BCUT2D eigenvalue weighted by Gasteiger charge is 2.18. The molecule has 2 aromatic rings. The van der Waals surface area contributed by atoms with E-state index in [0.29, 0.717) is 24.5 Å². The third-order valence-corrected chi connectivity index (χ3v) is 4.28. The maximum atomic E-state index is 10.3. The zero-order valence-electron chi connectivity index (χ0n) is 13.9. The molecule has 1 aliphatic rings. The molecule has 0 fully saturated rings. The highest BCUT2D eigenvalue weighted by molar-refractivity contribution is 5.44. The van der Waals surface area contributed by atoms with Crippen LogP contribution in [0.3, 0.4) is 0 Å². The first kappa shape index (κ1) is 16.4. The lowest BCUT2D eigenvalue weighted by Crippen LogP contribution is -2.39. The maximum absolute atomic E-state index is 10.3. The Labute approximate surface area is 142 Å². The normalized spacial score (nSPS) is 15.4. The summed E-state index contributed by atoms with van der Waals surface area (Å²) in [6.07, 6.45) is 0.546. The fraction of sp³-hybridized carbons (Fsp3) is 0.368. The summed E-state index contributed by atoms with van der Waals surface area (Å²) in [4.78, 5) is 6.62. The summed E-state index contributed by atoms with van der Waals surface area (Å²) in [5.74, 6) is 0.634. The largest absolute Gasteiger partial charge is 0.390 e. The lowest BCUT2D eigenvalue weighted by Gasteiger charge is -2.30. The van der Waals surface area contributed by atoms with Crippen molar-refractivity contribution in [1.82, 2.24) is 9.88 Å². The number of aliphatic hydroxyl groups is 1. The first-order valence-corrected chi connectivity index (χ1v) is 8.24. The monoisotopic (exact) mass is 322 g/mol. The molecule has 1 aromatic carbocycles. The van der Waals surface area contributed by atoms with Crippen molar-refractivity contribution in [3.63, 3.8) is 0 Å². The van der Waals surface area contributed by atoms with Gasteiger partial charge in [-0.1, -0.05) is 24.3 Å². The van der Waals surface area contributed by atoms with Crippen LogP contribution in [-0.4, -0.2) is 40.7 Å². The Morgan fingerprint density at radius 3 is 2.92 bits per heavy atom. The van der Waals surface area contributed by atoms with Gasteiger partial charge in [0.2, 0.25) is 0 Å². The molecule has 1 unspecified atom stereocenters. The van der Waals surface area contributed by atoms with Gasteiger partial charge in [0, 0.05) is 31.9 Å². The van der Waals surface area contributed by atoms with Gasteiger partial charge in [-0.2, -0.15) is 5.26 Å². The van der Waals surface area contributed by atoms with Gasteiger partial charge in [0.05, 0.1) is 17.7 Å². The van der Waals surface area contributed by atoms with Gasteiger partial charge in [-0.3, -0.25) is 4.90 Å². The minimum Gasteiger partial charge on any atom is -0.390 e. The number of anilines is 1. The molecule has 0 saturated carbocycles. The first-order chi connectivity index (χ1) is 11.6. The van der Waals surface area contributed by atoms with Crippen molar-refractivity contribution in [3.8, 4) is 6.07 Å². The molecule has 0 spiro atoms. The number of aromatic nitrogens is 1. The summed E-state index contributed by atoms with van der Waals surface area (Å²) in [6.45, 7) is 4.75. The van der Waals surface area contributed by atoms with E-state index in [4.69, 9.17) is 5.26 Å². The van der Waals surface area contributed by atoms with Crippen LogP contribution in [0, 0.1) is 18.3 Å². The molecule has 2 N–H and O–H groups in total. The molecule has 0 bridgehead atoms. The zero-order valence-corrected chi connectivity index (χ0v) is 13.9. The summed E-state index contributed by atoms with van der Waals surface area (Å²) >= 11 is 0. The number of fused-ring (bicyclic) bond motifs is 1. The molecule has 1 aliphatic heterocycles. The number of hydrogen-bond donors (Lipinski definition) is 2. The van der Waals surface area contributed by atoms with Crippen molar-refractivity contribution in [1.29, 1.82) is 5.26 Å². The van der Waals surface area contributed by atoms with Gasteiger partial charge in [-0.25, -0.2) is 4.98 Å². The maximum Gasteiger partial charge on any atom is 0.127 e. The van der Waals surface area contributed by atoms with E-state index in [0.717, 1.165) is 25.2 Å². The summed E-state index contributed by atoms with van der Waals surface area (Å²) < 4.78 is 0.